The number of amides is 1. The van der Waals surface area contributed by atoms with Gasteiger partial charge in [0.05, 0.1) is 45.1 Å². The number of methoxy groups -OCH3 is 3. The second-order valence-electron chi connectivity index (χ2n) is 6.43. The number of hydrogen-bond acceptors (Lipinski definition) is 7. The molecule has 30 heavy (non-hydrogen) atoms. The van der Waals surface area contributed by atoms with Crippen LogP contribution in [0.2, 0.25) is 0 Å². The number of nitrogens with one attached hydrogen (secondary N) is 1. The summed E-state index contributed by atoms with van der Waals surface area (Å²) in [4.78, 5) is 12.9. The van der Waals surface area contributed by atoms with E-state index in [1.165, 1.54) is 43.8 Å². The molecule has 2 aromatic carbocycles. The van der Waals surface area contributed by atoms with E-state index in [0.29, 0.717) is 30.5 Å². The van der Waals surface area contributed by atoms with Crippen molar-refractivity contribution in [1.82, 2.24) is 4.31 Å². The van der Waals surface area contributed by atoms with Gasteiger partial charge in [0.15, 0.2) is 0 Å². The summed E-state index contributed by atoms with van der Waals surface area (Å²) in [5.41, 5.74) is 0.522. The van der Waals surface area contributed by atoms with E-state index in [0.717, 1.165) is 0 Å². The molecule has 0 unspecified atom stereocenters. The van der Waals surface area contributed by atoms with E-state index in [9.17, 15) is 13.2 Å². The van der Waals surface area contributed by atoms with E-state index in [4.69, 9.17) is 18.9 Å². The number of sulfonamides is 1. The Bertz CT molecular complexity index is 996. The third-order valence-electron chi connectivity index (χ3n) is 4.64. The summed E-state index contributed by atoms with van der Waals surface area (Å²) in [6, 6.07) is 9.10. The topological polar surface area (TPSA) is 103 Å². The molecule has 0 saturated carbocycles. The van der Waals surface area contributed by atoms with Gasteiger partial charge >= 0.3 is 0 Å². The average molecular weight is 436 g/mol. The number of hydrogen-bond donors (Lipinski definition) is 1. The molecule has 0 radical (unpaired) electrons. The number of rotatable bonds is 7. The van der Waals surface area contributed by atoms with Crippen LogP contribution in [0, 0.1) is 0 Å². The standard InChI is InChI=1S/C20H24N2O7S/c1-26-15-10-14(11-16(12-15)27-2)20(23)21-18-13-17(4-5-19(18)28-3)30(24,25)22-6-8-29-9-7-22/h4-5,10-13H,6-9H2,1-3H3,(H,21,23). The van der Waals surface area contributed by atoms with E-state index in [2.05, 4.69) is 5.32 Å². The Morgan fingerprint density at radius 1 is 0.967 bits per heavy atom. The zero-order valence-electron chi connectivity index (χ0n) is 17.0. The van der Waals surface area contributed by atoms with Crippen LogP contribution in [0.3, 0.4) is 0 Å². The van der Waals surface area contributed by atoms with Crippen LogP contribution in [-0.4, -0.2) is 66.3 Å². The lowest BCUT2D eigenvalue weighted by molar-refractivity contribution is 0.0730. The second kappa shape index (κ2) is 9.33. The number of carbonyl (C=O) groups is 1. The number of carbonyl (C=O) groups excluding carboxylic acids is 1. The van der Waals surface area contributed by atoms with Gasteiger partial charge in [0.2, 0.25) is 10.0 Å². The number of nitrogens with zero attached hydrogens (tertiary/aromatic N) is 1. The Kier molecular flexibility index (Phi) is 6.80. The summed E-state index contributed by atoms with van der Waals surface area (Å²) in [6.45, 7) is 1.24. The SMILES string of the molecule is COc1cc(OC)cc(C(=O)Nc2cc(S(=O)(=O)N3CCOCC3)ccc2OC)c1. The summed E-state index contributed by atoms with van der Waals surface area (Å²) < 4.78 is 48.2. The highest BCUT2D eigenvalue weighted by Gasteiger charge is 2.27. The molecule has 1 saturated heterocycles. The molecule has 10 heteroatoms. The Hall–Kier alpha value is -2.82. The third kappa shape index (κ3) is 4.66. The van der Waals surface area contributed by atoms with Gasteiger partial charge in [-0.3, -0.25) is 4.79 Å². The Morgan fingerprint density at radius 2 is 1.60 bits per heavy atom. The van der Waals surface area contributed by atoms with Gasteiger partial charge in [-0.05, 0) is 30.3 Å². The molecule has 162 valence electrons. The molecule has 3 rings (SSSR count). The van der Waals surface area contributed by atoms with Crippen molar-refractivity contribution in [2.24, 2.45) is 0 Å². The molecule has 1 aliphatic heterocycles. The van der Waals surface area contributed by atoms with Crippen LogP contribution in [0.5, 0.6) is 17.2 Å². The van der Waals surface area contributed by atoms with Crippen LogP contribution in [0.4, 0.5) is 5.69 Å². The van der Waals surface area contributed by atoms with Crippen LogP contribution in [0.25, 0.3) is 0 Å². The number of ether oxygens (including phenoxy) is 4. The molecule has 2 aromatic rings. The molecule has 1 N–H and O–H groups in total. The molecule has 0 bridgehead atoms. The van der Waals surface area contributed by atoms with Crippen LogP contribution < -0.4 is 19.5 Å². The summed E-state index contributed by atoms with van der Waals surface area (Å²) in [5.74, 6) is 0.774. The summed E-state index contributed by atoms with van der Waals surface area (Å²) >= 11 is 0. The van der Waals surface area contributed by atoms with Crippen molar-refractivity contribution in [1.29, 1.82) is 0 Å². The summed E-state index contributed by atoms with van der Waals surface area (Å²) in [6.07, 6.45) is 0. The minimum atomic E-state index is -3.72. The first-order valence-electron chi connectivity index (χ1n) is 9.19. The molecule has 1 fully saturated rings. The lowest BCUT2D eigenvalue weighted by Gasteiger charge is -2.26. The maximum Gasteiger partial charge on any atom is 0.256 e. The van der Waals surface area contributed by atoms with Crippen molar-refractivity contribution in [2.45, 2.75) is 4.90 Å². The highest BCUT2D eigenvalue weighted by molar-refractivity contribution is 7.89. The van der Waals surface area contributed by atoms with Gasteiger partial charge in [0.1, 0.15) is 17.2 Å². The van der Waals surface area contributed by atoms with Crippen molar-refractivity contribution in [3.8, 4) is 17.2 Å². The van der Waals surface area contributed by atoms with Gasteiger partial charge in [-0.15, -0.1) is 0 Å². The van der Waals surface area contributed by atoms with E-state index in [-0.39, 0.29) is 29.2 Å². The monoisotopic (exact) mass is 436 g/mol. The normalized spacial score (nSPS) is 14.8. The molecule has 1 heterocycles. The molecule has 0 aromatic heterocycles. The molecule has 0 aliphatic carbocycles. The van der Waals surface area contributed by atoms with Gasteiger partial charge in [-0.2, -0.15) is 4.31 Å². The van der Waals surface area contributed by atoms with Crippen molar-refractivity contribution >= 4 is 21.6 Å². The molecular formula is C20H24N2O7S. The quantitative estimate of drug-likeness (QED) is 0.708. The fourth-order valence-electron chi connectivity index (χ4n) is 3.01. The molecule has 1 aliphatic rings. The van der Waals surface area contributed by atoms with Gasteiger partial charge in [-0.1, -0.05) is 0 Å². The fraction of sp³-hybridized carbons (Fsp3) is 0.350. The predicted octanol–water partition coefficient (Wildman–Crippen LogP) is 1.99. The lowest BCUT2D eigenvalue weighted by Crippen LogP contribution is -2.40. The largest absolute Gasteiger partial charge is 0.497 e. The van der Waals surface area contributed by atoms with Crippen molar-refractivity contribution < 1.29 is 32.2 Å². The smallest absolute Gasteiger partial charge is 0.256 e. The maximum atomic E-state index is 12.9. The van der Waals surface area contributed by atoms with Crippen molar-refractivity contribution in [3.63, 3.8) is 0 Å². The third-order valence-corrected chi connectivity index (χ3v) is 6.54. The van der Waals surface area contributed by atoms with Crippen LogP contribution in [0.1, 0.15) is 10.4 Å². The lowest BCUT2D eigenvalue weighted by atomic mass is 10.1. The van der Waals surface area contributed by atoms with E-state index in [1.54, 1.807) is 18.2 Å². The maximum absolute atomic E-state index is 12.9. The summed E-state index contributed by atoms with van der Waals surface area (Å²) in [5, 5.41) is 2.71. The predicted molar refractivity (Wildman–Crippen MR) is 110 cm³/mol. The summed E-state index contributed by atoms with van der Waals surface area (Å²) in [7, 11) is 0.687. The van der Waals surface area contributed by atoms with Crippen molar-refractivity contribution in [2.75, 3.05) is 52.9 Å². The first-order chi connectivity index (χ1) is 14.4. The molecule has 9 nitrogen and oxygen atoms in total. The number of benzene rings is 2. The number of morpholine rings is 1. The van der Waals surface area contributed by atoms with E-state index in [1.807, 2.05) is 0 Å². The van der Waals surface area contributed by atoms with Gasteiger partial charge in [-0.25, -0.2) is 8.42 Å². The minimum absolute atomic E-state index is 0.0590. The fourth-order valence-corrected chi connectivity index (χ4v) is 4.45. The van der Waals surface area contributed by atoms with Gasteiger partial charge in [0.25, 0.3) is 5.91 Å². The molecule has 0 atom stereocenters. The van der Waals surface area contributed by atoms with Crippen LogP contribution >= 0.6 is 0 Å². The van der Waals surface area contributed by atoms with Gasteiger partial charge < -0.3 is 24.3 Å². The minimum Gasteiger partial charge on any atom is -0.497 e. The average Bonchev–Trinajstić information content (AvgIpc) is 2.79. The first-order valence-corrected chi connectivity index (χ1v) is 10.6. The van der Waals surface area contributed by atoms with E-state index < -0.39 is 15.9 Å². The highest BCUT2D eigenvalue weighted by Crippen LogP contribution is 2.30. The Morgan fingerprint density at radius 3 is 2.17 bits per heavy atom. The zero-order valence-corrected chi connectivity index (χ0v) is 17.8. The molecule has 1 amide bonds. The van der Waals surface area contributed by atoms with Crippen LogP contribution in [0.15, 0.2) is 41.3 Å². The second-order valence-corrected chi connectivity index (χ2v) is 8.37. The molecular weight excluding hydrogens is 412 g/mol. The zero-order chi connectivity index (χ0) is 21.7. The van der Waals surface area contributed by atoms with Gasteiger partial charge in [0, 0.05) is 24.7 Å². The Balaban J connectivity index is 1.92. The number of anilines is 1. The highest BCUT2D eigenvalue weighted by atomic mass is 32.2. The van der Waals surface area contributed by atoms with E-state index >= 15 is 0 Å². The molecule has 0 spiro atoms. The van der Waals surface area contributed by atoms with Crippen molar-refractivity contribution in [3.05, 3.63) is 42.0 Å². The first kappa shape index (κ1) is 21.9. The Labute approximate surface area is 175 Å². The van der Waals surface area contributed by atoms with Crippen LogP contribution in [-0.2, 0) is 14.8 Å².